The third-order valence-corrected chi connectivity index (χ3v) is 5.54. The fourth-order valence-corrected chi connectivity index (χ4v) is 3.55. The van der Waals surface area contributed by atoms with E-state index < -0.39 is 0 Å². The molecule has 3 heterocycles. The van der Waals surface area contributed by atoms with Crippen molar-refractivity contribution in [2.75, 3.05) is 6.54 Å². The Morgan fingerprint density at radius 2 is 1.59 bits per heavy atom. The summed E-state index contributed by atoms with van der Waals surface area (Å²) in [6.45, 7) is 4.69. The molecular weight excluding hydrogens is 394 g/mol. The van der Waals surface area contributed by atoms with Gasteiger partial charge in [-0.2, -0.15) is 5.10 Å². The third-order valence-electron chi connectivity index (χ3n) is 4.99. The summed E-state index contributed by atoms with van der Waals surface area (Å²) in [5, 5.41) is 13.2. The first kappa shape index (κ1) is 19.3. The highest BCUT2D eigenvalue weighted by atomic mass is 35.5. The smallest absolute Gasteiger partial charge is 0.261 e. The monoisotopic (exact) mass is 413 g/mol. The first-order chi connectivity index (χ1) is 14.0. The highest BCUT2D eigenvalue weighted by Crippen LogP contribution is 2.23. The van der Waals surface area contributed by atoms with Gasteiger partial charge < -0.3 is 4.42 Å². The van der Waals surface area contributed by atoms with Crippen molar-refractivity contribution in [2.45, 2.75) is 39.7 Å². The van der Waals surface area contributed by atoms with Crippen LogP contribution in [-0.4, -0.2) is 43.2 Å². The minimum atomic E-state index is -0.250. The van der Waals surface area contributed by atoms with Gasteiger partial charge in [0.05, 0.1) is 27.5 Å². The largest absolute Gasteiger partial charge is 0.425 e. The molecule has 4 rings (SSSR count). The number of aryl methyl sites for hydroxylation is 4. The molecule has 150 valence electrons. The predicted molar refractivity (Wildman–Crippen MR) is 105 cm³/mol. The molecule has 1 aliphatic heterocycles. The summed E-state index contributed by atoms with van der Waals surface area (Å²) < 4.78 is 7.50. The first-order valence-corrected chi connectivity index (χ1v) is 9.79. The number of hydrogen-bond acceptors (Lipinski definition) is 6. The molecule has 0 radical (unpaired) electrons. The Morgan fingerprint density at radius 1 is 0.966 bits per heavy atom. The number of aromatic nitrogens is 4. The van der Waals surface area contributed by atoms with Crippen molar-refractivity contribution in [1.29, 1.82) is 0 Å². The Bertz CT molecular complexity index is 1050. The van der Waals surface area contributed by atoms with Crippen molar-refractivity contribution in [1.82, 2.24) is 24.9 Å². The molecule has 2 amide bonds. The summed E-state index contributed by atoms with van der Waals surface area (Å²) in [6, 6.07) is 6.87. The Kier molecular flexibility index (Phi) is 5.19. The van der Waals surface area contributed by atoms with Crippen molar-refractivity contribution in [3.05, 3.63) is 63.6 Å². The average molecular weight is 414 g/mol. The highest BCUT2D eigenvalue weighted by molar-refractivity contribution is 6.31. The first-order valence-electron chi connectivity index (χ1n) is 9.41. The molecular formula is C20H20ClN5O3. The Hall–Kier alpha value is -3.00. The van der Waals surface area contributed by atoms with E-state index in [2.05, 4.69) is 15.3 Å². The van der Waals surface area contributed by atoms with E-state index in [-0.39, 0.29) is 11.8 Å². The summed E-state index contributed by atoms with van der Waals surface area (Å²) in [5.41, 5.74) is 2.62. The fourth-order valence-electron chi connectivity index (χ4n) is 3.42. The van der Waals surface area contributed by atoms with Gasteiger partial charge in [0, 0.05) is 25.9 Å². The van der Waals surface area contributed by atoms with Crippen LogP contribution in [0.2, 0.25) is 5.02 Å². The van der Waals surface area contributed by atoms with Crippen molar-refractivity contribution in [3.63, 3.8) is 0 Å². The molecule has 2 aromatic heterocycles. The molecule has 0 saturated heterocycles. The van der Waals surface area contributed by atoms with Crippen LogP contribution in [0.3, 0.4) is 0 Å². The van der Waals surface area contributed by atoms with Gasteiger partial charge in [-0.1, -0.05) is 23.7 Å². The van der Waals surface area contributed by atoms with Crippen LogP contribution >= 0.6 is 11.6 Å². The summed E-state index contributed by atoms with van der Waals surface area (Å²) >= 11 is 6.16. The summed E-state index contributed by atoms with van der Waals surface area (Å²) in [6.07, 6.45) is 1.59. The van der Waals surface area contributed by atoms with E-state index in [1.807, 2.05) is 18.5 Å². The van der Waals surface area contributed by atoms with E-state index >= 15 is 0 Å². The quantitative estimate of drug-likeness (QED) is 0.552. The number of hydrogen-bond donors (Lipinski definition) is 0. The Balaban J connectivity index is 1.30. The minimum Gasteiger partial charge on any atom is -0.425 e. The molecule has 0 unspecified atom stereocenters. The maximum absolute atomic E-state index is 12.4. The zero-order valence-corrected chi connectivity index (χ0v) is 16.9. The average Bonchev–Trinajstić information content (AvgIpc) is 3.35. The van der Waals surface area contributed by atoms with E-state index in [0.29, 0.717) is 60.3 Å². The molecule has 8 nitrogen and oxygen atoms in total. The van der Waals surface area contributed by atoms with E-state index in [0.717, 1.165) is 11.4 Å². The number of halogens is 1. The third kappa shape index (κ3) is 3.67. The van der Waals surface area contributed by atoms with Gasteiger partial charge in [-0.3, -0.25) is 19.2 Å². The van der Waals surface area contributed by atoms with E-state index in [1.54, 1.807) is 24.3 Å². The van der Waals surface area contributed by atoms with Gasteiger partial charge in [-0.15, -0.1) is 10.2 Å². The summed E-state index contributed by atoms with van der Waals surface area (Å²) in [5.74, 6) is 0.508. The van der Waals surface area contributed by atoms with Gasteiger partial charge in [-0.05, 0) is 32.4 Å². The van der Waals surface area contributed by atoms with Crippen LogP contribution in [0.1, 0.15) is 50.3 Å². The molecule has 0 saturated carbocycles. The molecule has 9 heteroatoms. The maximum atomic E-state index is 12.4. The molecule has 0 spiro atoms. The molecule has 0 fully saturated rings. The van der Waals surface area contributed by atoms with E-state index in [4.69, 9.17) is 16.0 Å². The number of amides is 2. The molecule has 0 bridgehead atoms. The lowest BCUT2D eigenvalue weighted by Gasteiger charge is -2.12. The van der Waals surface area contributed by atoms with Crippen LogP contribution in [0, 0.1) is 13.8 Å². The lowest BCUT2D eigenvalue weighted by atomic mass is 10.1. The number of rotatable bonds is 7. The van der Waals surface area contributed by atoms with Crippen LogP contribution in [0.15, 0.2) is 28.7 Å². The van der Waals surface area contributed by atoms with Crippen molar-refractivity contribution < 1.29 is 14.0 Å². The second kappa shape index (κ2) is 7.79. The predicted octanol–water partition coefficient (Wildman–Crippen LogP) is 3.01. The normalized spacial score (nSPS) is 13.4. The molecule has 0 N–H and O–H groups in total. The topological polar surface area (TPSA) is 94.1 Å². The number of benzene rings is 1. The highest BCUT2D eigenvalue weighted by Gasteiger charge is 2.34. The molecule has 0 aliphatic carbocycles. The zero-order chi connectivity index (χ0) is 20.5. The van der Waals surface area contributed by atoms with Crippen molar-refractivity contribution in [3.8, 4) is 0 Å². The van der Waals surface area contributed by atoms with Gasteiger partial charge in [0.25, 0.3) is 11.8 Å². The van der Waals surface area contributed by atoms with Gasteiger partial charge in [0.2, 0.25) is 11.8 Å². The summed E-state index contributed by atoms with van der Waals surface area (Å²) in [7, 11) is 0. The van der Waals surface area contributed by atoms with Gasteiger partial charge in [0.15, 0.2) is 0 Å². The Labute approximate surface area is 172 Å². The second-order valence-corrected chi connectivity index (χ2v) is 7.34. The maximum Gasteiger partial charge on any atom is 0.261 e. The number of carbonyl (C=O) groups excluding carboxylic acids is 2. The summed E-state index contributed by atoms with van der Waals surface area (Å²) in [4.78, 5) is 26.0. The fraction of sp³-hybridized carbons (Fsp3) is 0.350. The number of imide groups is 1. The minimum absolute atomic E-state index is 0.250. The van der Waals surface area contributed by atoms with Crippen LogP contribution in [-0.2, 0) is 19.4 Å². The van der Waals surface area contributed by atoms with E-state index in [9.17, 15) is 9.59 Å². The van der Waals surface area contributed by atoms with Gasteiger partial charge in [0.1, 0.15) is 0 Å². The lowest BCUT2D eigenvalue weighted by molar-refractivity contribution is 0.0651. The molecule has 29 heavy (non-hydrogen) atoms. The SMILES string of the molecule is Cc1nn(CCc2nnc(CCCN3C(=O)c4ccccc4C3=O)o2)c(C)c1Cl. The number of carbonyl (C=O) groups is 2. The molecule has 1 aliphatic rings. The zero-order valence-electron chi connectivity index (χ0n) is 16.2. The van der Waals surface area contributed by atoms with Gasteiger partial charge in [-0.25, -0.2) is 0 Å². The lowest BCUT2D eigenvalue weighted by Crippen LogP contribution is -2.30. The molecule has 3 aromatic rings. The van der Waals surface area contributed by atoms with Crippen LogP contribution in [0.5, 0.6) is 0 Å². The van der Waals surface area contributed by atoms with E-state index in [1.165, 1.54) is 4.90 Å². The standard InChI is InChI=1S/C20H20ClN5O3/c1-12-18(21)13(2)26(24-12)11-9-17-23-22-16(29-17)8-5-10-25-19(27)14-6-3-4-7-15(14)20(25)28/h3-4,6-7H,5,8-11H2,1-2H3. The molecule has 1 aromatic carbocycles. The number of nitrogens with zero attached hydrogens (tertiary/aromatic N) is 5. The van der Waals surface area contributed by atoms with Gasteiger partial charge >= 0.3 is 0 Å². The number of fused-ring (bicyclic) bond motifs is 1. The van der Waals surface area contributed by atoms with Crippen molar-refractivity contribution in [2.24, 2.45) is 0 Å². The van der Waals surface area contributed by atoms with Crippen molar-refractivity contribution >= 4 is 23.4 Å². The van der Waals surface area contributed by atoms with Crippen LogP contribution in [0.4, 0.5) is 0 Å². The molecule has 0 atom stereocenters. The van der Waals surface area contributed by atoms with Crippen LogP contribution in [0.25, 0.3) is 0 Å². The Morgan fingerprint density at radius 3 is 2.17 bits per heavy atom. The second-order valence-electron chi connectivity index (χ2n) is 6.96. The van der Waals surface area contributed by atoms with Crippen LogP contribution < -0.4 is 0 Å².